The number of carbonyl (C=O) groups is 2. The summed E-state index contributed by atoms with van der Waals surface area (Å²) in [6.07, 6.45) is 0. The van der Waals surface area contributed by atoms with Crippen molar-refractivity contribution in [2.45, 2.75) is 6.92 Å². The predicted octanol–water partition coefficient (Wildman–Crippen LogP) is 4.53. The van der Waals surface area contributed by atoms with Gasteiger partial charge in [-0.15, -0.1) is 11.3 Å². The highest BCUT2D eigenvalue weighted by atomic mass is 32.1. The molecule has 2 amide bonds. The van der Waals surface area contributed by atoms with Crippen LogP contribution < -0.4 is 19.9 Å². The number of amides is 2. The molecule has 158 valence electrons. The molecule has 1 aliphatic heterocycles. The van der Waals surface area contributed by atoms with Gasteiger partial charge in [-0.2, -0.15) is 0 Å². The number of ether oxygens (including phenoxy) is 1. The van der Waals surface area contributed by atoms with E-state index in [0.29, 0.717) is 17.0 Å². The van der Waals surface area contributed by atoms with Gasteiger partial charge in [0.2, 0.25) is 0 Å². The molecule has 2 heterocycles. The van der Waals surface area contributed by atoms with Crippen molar-refractivity contribution in [3.8, 4) is 5.75 Å². The zero-order valence-electron chi connectivity index (χ0n) is 17.8. The second-order valence-electron chi connectivity index (χ2n) is 7.41. The summed E-state index contributed by atoms with van der Waals surface area (Å²) in [5, 5.41) is 5.08. The maximum Gasteiger partial charge on any atom is 0.282 e. The molecule has 0 saturated carbocycles. The van der Waals surface area contributed by atoms with E-state index in [1.165, 1.54) is 23.3 Å². The summed E-state index contributed by atoms with van der Waals surface area (Å²) in [6, 6.07) is 16.8. The summed E-state index contributed by atoms with van der Waals surface area (Å²) in [5.74, 6) is -0.313. The Kier molecular flexibility index (Phi) is 5.52. The average Bonchev–Trinajstić information content (AvgIpc) is 3.35. The molecule has 31 heavy (non-hydrogen) atoms. The highest BCUT2D eigenvalue weighted by Crippen LogP contribution is 2.39. The summed E-state index contributed by atoms with van der Waals surface area (Å²) in [7, 11) is 5.45. The van der Waals surface area contributed by atoms with Crippen LogP contribution in [0.4, 0.5) is 17.1 Å². The van der Waals surface area contributed by atoms with Gasteiger partial charge in [0.05, 0.1) is 18.4 Å². The zero-order chi connectivity index (χ0) is 22.1. The second-order valence-corrected chi connectivity index (χ2v) is 8.36. The minimum absolute atomic E-state index is 0.258. The largest absolute Gasteiger partial charge is 0.495 e. The smallest absolute Gasteiger partial charge is 0.282 e. The molecule has 0 aliphatic carbocycles. The van der Waals surface area contributed by atoms with Crippen LogP contribution in [0.3, 0.4) is 0 Å². The van der Waals surface area contributed by atoms with E-state index in [2.05, 4.69) is 5.32 Å². The number of aryl methyl sites for hydroxylation is 1. The molecule has 7 heteroatoms. The number of nitrogens with zero attached hydrogens (tertiary/aromatic N) is 2. The number of hydrogen-bond donors (Lipinski definition) is 1. The van der Waals surface area contributed by atoms with Crippen LogP contribution in [0.25, 0.3) is 5.57 Å². The SMILES string of the molecule is COc1ccc(C)cc1N1C(=O)C(Nc2ccc(N(C)C)cc2)=C(c2cccs2)C1=O. The van der Waals surface area contributed by atoms with Crippen molar-refractivity contribution < 1.29 is 14.3 Å². The van der Waals surface area contributed by atoms with E-state index in [4.69, 9.17) is 4.74 Å². The topological polar surface area (TPSA) is 61.9 Å². The number of nitrogens with one attached hydrogen (secondary N) is 1. The Bertz CT molecular complexity index is 1170. The number of benzene rings is 2. The van der Waals surface area contributed by atoms with Gasteiger partial charge in [0.25, 0.3) is 11.8 Å². The Balaban J connectivity index is 1.78. The van der Waals surface area contributed by atoms with Crippen molar-refractivity contribution in [3.63, 3.8) is 0 Å². The molecule has 1 aromatic heterocycles. The van der Waals surface area contributed by atoms with Crippen molar-refractivity contribution in [1.29, 1.82) is 0 Å². The molecule has 0 radical (unpaired) electrons. The van der Waals surface area contributed by atoms with Gasteiger partial charge in [-0.05, 0) is 60.3 Å². The summed E-state index contributed by atoms with van der Waals surface area (Å²) < 4.78 is 5.44. The third kappa shape index (κ3) is 3.80. The second kappa shape index (κ2) is 8.28. The molecule has 0 atom stereocenters. The molecule has 0 bridgehead atoms. The first kappa shape index (κ1) is 20.7. The number of methoxy groups -OCH3 is 1. The number of rotatable bonds is 6. The first-order valence-corrected chi connectivity index (χ1v) is 10.6. The number of carbonyl (C=O) groups excluding carboxylic acids is 2. The van der Waals surface area contributed by atoms with Gasteiger partial charge in [-0.3, -0.25) is 9.59 Å². The molecule has 1 aliphatic rings. The van der Waals surface area contributed by atoms with E-state index in [0.717, 1.165) is 21.8 Å². The maximum absolute atomic E-state index is 13.5. The van der Waals surface area contributed by atoms with Gasteiger partial charge in [-0.25, -0.2) is 4.90 Å². The van der Waals surface area contributed by atoms with E-state index >= 15 is 0 Å². The minimum atomic E-state index is -0.408. The fourth-order valence-corrected chi connectivity index (χ4v) is 4.24. The minimum Gasteiger partial charge on any atom is -0.495 e. The van der Waals surface area contributed by atoms with Crippen LogP contribution in [0.15, 0.2) is 65.7 Å². The van der Waals surface area contributed by atoms with Crippen LogP contribution in [0.1, 0.15) is 10.4 Å². The standard InChI is InChI=1S/C24H23N3O3S/c1-15-7-12-19(30-4)18(14-15)27-23(28)21(20-6-5-13-31-20)22(24(27)29)25-16-8-10-17(11-9-16)26(2)3/h5-14,25H,1-4H3. The average molecular weight is 434 g/mol. The normalized spacial score (nSPS) is 13.7. The van der Waals surface area contributed by atoms with Gasteiger partial charge in [0, 0.05) is 30.3 Å². The highest BCUT2D eigenvalue weighted by Gasteiger charge is 2.41. The summed E-state index contributed by atoms with van der Waals surface area (Å²) in [6.45, 7) is 1.91. The Morgan fingerprint density at radius 3 is 2.35 bits per heavy atom. The molecule has 0 saturated heterocycles. The zero-order valence-corrected chi connectivity index (χ0v) is 18.6. The van der Waals surface area contributed by atoms with Gasteiger partial charge in [0.15, 0.2) is 0 Å². The molecule has 1 N–H and O–H groups in total. The van der Waals surface area contributed by atoms with Crippen LogP contribution >= 0.6 is 11.3 Å². The van der Waals surface area contributed by atoms with Crippen molar-refractivity contribution in [2.24, 2.45) is 0 Å². The molecule has 0 spiro atoms. The third-order valence-corrected chi connectivity index (χ3v) is 5.97. The van der Waals surface area contributed by atoms with Gasteiger partial charge in [-0.1, -0.05) is 12.1 Å². The molecule has 6 nitrogen and oxygen atoms in total. The highest BCUT2D eigenvalue weighted by molar-refractivity contribution is 7.11. The lowest BCUT2D eigenvalue weighted by Crippen LogP contribution is -2.32. The van der Waals surface area contributed by atoms with E-state index in [1.54, 1.807) is 12.1 Å². The first-order valence-electron chi connectivity index (χ1n) is 9.76. The maximum atomic E-state index is 13.5. The third-order valence-electron chi connectivity index (χ3n) is 5.08. The van der Waals surface area contributed by atoms with Gasteiger partial charge >= 0.3 is 0 Å². The van der Waals surface area contributed by atoms with Crippen molar-refractivity contribution in [2.75, 3.05) is 36.3 Å². The number of anilines is 3. The number of imide groups is 1. The van der Waals surface area contributed by atoms with Crippen molar-refractivity contribution in [3.05, 3.63) is 76.1 Å². The Morgan fingerprint density at radius 2 is 1.74 bits per heavy atom. The van der Waals surface area contributed by atoms with Gasteiger partial charge in [0.1, 0.15) is 11.4 Å². The molecule has 0 fully saturated rings. The first-order chi connectivity index (χ1) is 14.9. The predicted molar refractivity (Wildman–Crippen MR) is 126 cm³/mol. The number of hydrogen-bond acceptors (Lipinski definition) is 6. The molecular weight excluding hydrogens is 410 g/mol. The fraction of sp³-hybridized carbons (Fsp3) is 0.167. The van der Waals surface area contributed by atoms with E-state index in [9.17, 15) is 9.59 Å². The lowest BCUT2D eigenvalue weighted by molar-refractivity contribution is -0.120. The fourth-order valence-electron chi connectivity index (χ4n) is 3.48. The van der Waals surface area contributed by atoms with Crippen LogP contribution in [-0.4, -0.2) is 33.0 Å². The van der Waals surface area contributed by atoms with Crippen molar-refractivity contribution in [1.82, 2.24) is 0 Å². The molecule has 2 aromatic carbocycles. The Hall–Kier alpha value is -3.58. The van der Waals surface area contributed by atoms with Crippen LogP contribution in [0, 0.1) is 6.92 Å². The van der Waals surface area contributed by atoms with E-state index < -0.39 is 5.91 Å². The van der Waals surface area contributed by atoms with Crippen LogP contribution in [-0.2, 0) is 9.59 Å². The molecular formula is C24H23N3O3S. The Morgan fingerprint density at radius 1 is 1.00 bits per heavy atom. The monoisotopic (exact) mass is 433 g/mol. The molecule has 3 aromatic rings. The summed E-state index contributed by atoms with van der Waals surface area (Å²) in [5.41, 5.74) is 3.75. The quantitative estimate of drug-likeness (QED) is 0.579. The molecule has 4 rings (SSSR count). The van der Waals surface area contributed by atoms with Crippen LogP contribution in [0.5, 0.6) is 5.75 Å². The van der Waals surface area contributed by atoms with Crippen LogP contribution in [0.2, 0.25) is 0 Å². The van der Waals surface area contributed by atoms with E-state index in [1.807, 2.05) is 73.8 Å². The summed E-state index contributed by atoms with van der Waals surface area (Å²) >= 11 is 1.42. The van der Waals surface area contributed by atoms with Crippen molar-refractivity contribution >= 4 is 45.8 Å². The van der Waals surface area contributed by atoms with E-state index in [-0.39, 0.29) is 11.6 Å². The Labute approximate surface area is 185 Å². The lowest BCUT2D eigenvalue weighted by Gasteiger charge is -2.19. The lowest BCUT2D eigenvalue weighted by atomic mass is 10.1. The summed E-state index contributed by atoms with van der Waals surface area (Å²) in [4.78, 5) is 30.9. The van der Waals surface area contributed by atoms with Gasteiger partial charge < -0.3 is 15.0 Å². The molecule has 0 unspecified atom stereocenters. The number of thiophene rings is 1.